The fourth-order valence-electron chi connectivity index (χ4n) is 3.37. The Morgan fingerprint density at radius 1 is 1.36 bits per heavy atom. The van der Waals surface area contributed by atoms with E-state index in [1.54, 1.807) is 4.90 Å². The van der Waals surface area contributed by atoms with Crippen LogP contribution in [0.3, 0.4) is 0 Å². The molecule has 5 nitrogen and oxygen atoms in total. The molecule has 0 bridgehead atoms. The van der Waals surface area contributed by atoms with E-state index in [1.807, 2.05) is 30.3 Å². The lowest BCUT2D eigenvalue weighted by atomic mass is 9.92. The van der Waals surface area contributed by atoms with Crippen molar-refractivity contribution in [2.24, 2.45) is 5.92 Å². The molecule has 0 aliphatic carbocycles. The number of amides is 1. The smallest absolute Gasteiger partial charge is 0.410 e. The molecule has 0 aromatic heterocycles. The summed E-state index contributed by atoms with van der Waals surface area (Å²) in [7, 11) is 0. The second-order valence-corrected chi connectivity index (χ2v) is 6.13. The first-order valence-electron chi connectivity index (χ1n) is 7.97. The number of aliphatic hydroxyl groups is 1. The standard InChI is InChI=1S/C17H23NO4/c19-15-9-16(14-7-4-8-21-12-14)18(10-15)17(20)22-11-13-5-2-1-3-6-13/h1-3,5-6,14-16,19H,4,7-12H2. The molecule has 0 saturated carbocycles. The first kappa shape index (κ1) is 15.3. The Hall–Kier alpha value is -1.59. The van der Waals surface area contributed by atoms with Crippen molar-refractivity contribution < 1.29 is 19.4 Å². The van der Waals surface area contributed by atoms with Gasteiger partial charge in [0.05, 0.1) is 19.3 Å². The summed E-state index contributed by atoms with van der Waals surface area (Å²) in [6.07, 6.45) is 1.88. The summed E-state index contributed by atoms with van der Waals surface area (Å²) in [5.74, 6) is 0.301. The van der Waals surface area contributed by atoms with E-state index in [0.29, 0.717) is 25.5 Å². The largest absolute Gasteiger partial charge is 0.445 e. The van der Waals surface area contributed by atoms with E-state index < -0.39 is 6.10 Å². The lowest BCUT2D eigenvalue weighted by molar-refractivity contribution is 0.0157. The van der Waals surface area contributed by atoms with Crippen molar-refractivity contribution in [1.29, 1.82) is 0 Å². The molecule has 3 atom stereocenters. The van der Waals surface area contributed by atoms with Gasteiger partial charge in [0.25, 0.3) is 0 Å². The Morgan fingerprint density at radius 2 is 2.18 bits per heavy atom. The van der Waals surface area contributed by atoms with Crippen molar-refractivity contribution in [3.05, 3.63) is 35.9 Å². The second-order valence-electron chi connectivity index (χ2n) is 6.13. The summed E-state index contributed by atoms with van der Waals surface area (Å²) >= 11 is 0. The number of benzene rings is 1. The molecular formula is C17H23NO4. The molecule has 2 aliphatic heterocycles. The van der Waals surface area contributed by atoms with E-state index in [0.717, 1.165) is 25.0 Å². The number of ether oxygens (including phenoxy) is 2. The van der Waals surface area contributed by atoms with Gasteiger partial charge >= 0.3 is 6.09 Å². The van der Waals surface area contributed by atoms with Gasteiger partial charge in [-0.2, -0.15) is 0 Å². The average molecular weight is 305 g/mol. The molecule has 1 amide bonds. The van der Waals surface area contributed by atoms with Gasteiger partial charge in [0, 0.05) is 18.6 Å². The van der Waals surface area contributed by atoms with Crippen molar-refractivity contribution in [3.8, 4) is 0 Å². The highest BCUT2D eigenvalue weighted by Gasteiger charge is 2.40. The number of hydrogen-bond acceptors (Lipinski definition) is 4. The number of hydrogen-bond donors (Lipinski definition) is 1. The lowest BCUT2D eigenvalue weighted by Gasteiger charge is -2.33. The van der Waals surface area contributed by atoms with Crippen molar-refractivity contribution in [2.45, 2.75) is 38.0 Å². The Kier molecular flexibility index (Phi) is 4.95. The fraction of sp³-hybridized carbons (Fsp3) is 0.588. The van der Waals surface area contributed by atoms with Crippen LogP contribution in [0.15, 0.2) is 30.3 Å². The average Bonchev–Trinajstić information content (AvgIpc) is 2.96. The molecule has 5 heteroatoms. The zero-order valence-electron chi connectivity index (χ0n) is 12.7. The molecule has 3 rings (SSSR count). The van der Waals surface area contributed by atoms with E-state index in [2.05, 4.69) is 0 Å². The minimum atomic E-state index is -0.462. The molecule has 1 N–H and O–H groups in total. The normalized spacial score (nSPS) is 28.6. The Labute approximate surface area is 130 Å². The number of carbonyl (C=O) groups is 1. The highest BCUT2D eigenvalue weighted by molar-refractivity contribution is 5.68. The molecule has 22 heavy (non-hydrogen) atoms. The third-order valence-electron chi connectivity index (χ3n) is 4.50. The predicted octanol–water partition coefficient (Wildman–Crippen LogP) is 2.19. The van der Waals surface area contributed by atoms with Gasteiger partial charge in [-0.25, -0.2) is 4.79 Å². The molecule has 2 heterocycles. The quantitative estimate of drug-likeness (QED) is 0.930. The molecule has 0 radical (unpaired) electrons. The summed E-state index contributed by atoms with van der Waals surface area (Å²) < 4.78 is 10.9. The summed E-state index contributed by atoms with van der Waals surface area (Å²) in [4.78, 5) is 14.1. The number of β-amino-alcohol motifs (C(OH)–C–C–N with tert-alkyl or cyclic N) is 1. The van der Waals surface area contributed by atoms with E-state index in [-0.39, 0.29) is 18.7 Å². The number of nitrogens with zero attached hydrogens (tertiary/aromatic N) is 1. The van der Waals surface area contributed by atoms with Crippen LogP contribution in [0.25, 0.3) is 0 Å². The minimum Gasteiger partial charge on any atom is -0.445 e. The first-order valence-corrected chi connectivity index (χ1v) is 7.97. The number of carbonyl (C=O) groups excluding carboxylic acids is 1. The monoisotopic (exact) mass is 305 g/mol. The van der Waals surface area contributed by atoms with Gasteiger partial charge < -0.3 is 19.5 Å². The van der Waals surface area contributed by atoms with Crippen LogP contribution in [0.1, 0.15) is 24.8 Å². The number of aliphatic hydroxyl groups excluding tert-OH is 1. The maximum atomic E-state index is 12.4. The van der Waals surface area contributed by atoms with E-state index in [9.17, 15) is 9.90 Å². The molecule has 1 aromatic carbocycles. The van der Waals surface area contributed by atoms with Crippen LogP contribution in [-0.2, 0) is 16.1 Å². The molecular weight excluding hydrogens is 282 g/mol. The maximum Gasteiger partial charge on any atom is 0.410 e. The maximum absolute atomic E-state index is 12.4. The van der Waals surface area contributed by atoms with Crippen molar-refractivity contribution in [1.82, 2.24) is 4.90 Å². The van der Waals surface area contributed by atoms with Crippen molar-refractivity contribution in [3.63, 3.8) is 0 Å². The molecule has 1 aromatic rings. The van der Waals surface area contributed by atoms with E-state index in [4.69, 9.17) is 9.47 Å². The summed E-state index contributed by atoms with van der Waals surface area (Å²) in [6, 6.07) is 9.66. The van der Waals surface area contributed by atoms with Crippen LogP contribution in [0.4, 0.5) is 4.79 Å². The minimum absolute atomic E-state index is 0.0265. The van der Waals surface area contributed by atoms with Crippen LogP contribution in [-0.4, -0.2) is 48.0 Å². The van der Waals surface area contributed by atoms with Gasteiger partial charge in [-0.05, 0) is 24.8 Å². The van der Waals surface area contributed by atoms with Crippen LogP contribution in [0, 0.1) is 5.92 Å². The summed E-state index contributed by atoms with van der Waals surface area (Å²) in [6.45, 7) is 2.08. The fourth-order valence-corrected chi connectivity index (χ4v) is 3.37. The van der Waals surface area contributed by atoms with E-state index >= 15 is 0 Å². The second kappa shape index (κ2) is 7.11. The zero-order valence-corrected chi connectivity index (χ0v) is 12.7. The van der Waals surface area contributed by atoms with E-state index in [1.165, 1.54) is 0 Å². The third-order valence-corrected chi connectivity index (χ3v) is 4.50. The van der Waals surface area contributed by atoms with Gasteiger partial charge in [-0.15, -0.1) is 0 Å². The Bertz CT molecular complexity index is 487. The van der Waals surface area contributed by atoms with Gasteiger partial charge in [0.2, 0.25) is 0 Å². The van der Waals surface area contributed by atoms with Crippen LogP contribution >= 0.6 is 0 Å². The van der Waals surface area contributed by atoms with Crippen molar-refractivity contribution >= 4 is 6.09 Å². The highest BCUT2D eigenvalue weighted by atomic mass is 16.6. The molecule has 2 aliphatic rings. The topological polar surface area (TPSA) is 59.0 Å². The lowest BCUT2D eigenvalue weighted by Crippen LogP contribution is -2.43. The molecule has 120 valence electrons. The van der Waals surface area contributed by atoms with Crippen LogP contribution in [0.5, 0.6) is 0 Å². The van der Waals surface area contributed by atoms with Crippen molar-refractivity contribution in [2.75, 3.05) is 19.8 Å². The SMILES string of the molecule is O=C(OCc1ccccc1)N1CC(O)CC1C1CCCOC1. The molecule has 2 fully saturated rings. The van der Waals surface area contributed by atoms with Gasteiger partial charge in [0.15, 0.2) is 0 Å². The predicted molar refractivity (Wildman–Crippen MR) is 81.3 cm³/mol. The number of likely N-dealkylation sites (tertiary alicyclic amines) is 1. The first-order chi connectivity index (χ1) is 10.7. The molecule has 0 spiro atoms. The zero-order chi connectivity index (χ0) is 15.4. The van der Waals surface area contributed by atoms with Crippen LogP contribution < -0.4 is 0 Å². The summed E-state index contributed by atoms with van der Waals surface area (Å²) in [5, 5.41) is 9.94. The molecule has 2 saturated heterocycles. The highest BCUT2D eigenvalue weighted by Crippen LogP contribution is 2.30. The van der Waals surface area contributed by atoms with Gasteiger partial charge in [-0.1, -0.05) is 30.3 Å². The Balaban J connectivity index is 1.59. The Morgan fingerprint density at radius 3 is 2.91 bits per heavy atom. The van der Waals surface area contributed by atoms with Gasteiger partial charge in [-0.3, -0.25) is 0 Å². The number of rotatable bonds is 3. The molecule has 3 unspecified atom stereocenters. The van der Waals surface area contributed by atoms with Gasteiger partial charge in [0.1, 0.15) is 6.61 Å². The van der Waals surface area contributed by atoms with Crippen LogP contribution in [0.2, 0.25) is 0 Å². The third kappa shape index (κ3) is 3.59. The summed E-state index contributed by atoms with van der Waals surface area (Å²) in [5.41, 5.74) is 0.966.